The lowest BCUT2D eigenvalue weighted by molar-refractivity contribution is 0.184. The van der Waals surface area contributed by atoms with Gasteiger partial charge >= 0.3 is 0 Å². The molecule has 0 bridgehead atoms. The van der Waals surface area contributed by atoms with Gasteiger partial charge in [0.1, 0.15) is 0 Å². The third-order valence-corrected chi connectivity index (χ3v) is 3.78. The molecular formula is C14H15Cl2NO. The number of hydrogen-bond donors (Lipinski definition) is 0. The highest BCUT2D eigenvalue weighted by atomic mass is 35.5. The van der Waals surface area contributed by atoms with Crippen LogP contribution in [0.1, 0.15) is 44.1 Å². The molecule has 0 saturated heterocycles. The zero-order chi connectivity index (χ0) is 13.0. The first kappa shape index (κ1) is 13.5. The van der Waals surface area contributed by atoms with E-state index in [-0.39, 0.29) is 6.10 Å². The lowest BCUT2D eigenvalue weighted by atomic mass is 10.1. The first-order chi connectivity index (χ1) is 8.70. The van der Waals surface area contributed by atoms with Crippen LogP contribution >= 0.6 is 23.2 Å². The summed E-state index contributed by atoms with van der Waals surface area (Å²) >= 11 is 12.2. The maximum atomic E-state index is 8.83. The van der Waals surface area contributed by atoms with Crippen LogP contribution in [0.15, 0.2) is 12.1 Å². The van der Waals surface area contributed by atoms with E-state index in [0.29, 0.717) is 21.4 Å². The zero-order valence-corrected chi connectivity index (χ0v) is 11.6. The van der Waals surface area contributed by atoms with Crippen molar-refractivity contribution in [2.45, 2.75) is 44.6 Å². The highest BCUT2D eigenvalue weighted by Gasteiger charge is 2.17. The predicted octanol–water partition coefficient (Wildman–Crippen LogP) is 4.97. The van der Waals surface area contributed by atoms with Crippen molar-refractivity contribution in [3.8, 4) is 11.8 Å². The second kappa shape index (κ2) is 6.31. The Morgan fingerprint density at radius 1 is 1.06 bits per heavy atom. The molecule has 1 aliphatic carbocycles. The van der Waals surface area contributed by atoms with E-state index in [1.165, 1.54) is 25.7 Å². The fourth-order valence-corrected chi connectivity index (χ4v) is 2.84. The lowest BCUT2D eigenvalue weighted by Gasteiger charge is -2.19. The number of hydrogen-bond acceptors (Lipinski definition) is 2. The molecule has 1 aromatic rings. The standard InChI is InChI=1S/C14H15Cl2NO/c15-12-7-10(9-17)8-13(16)14(12)18-11-5-3-1-2-4-6-11/h7-8,11H,1-6H2. The number of nitriles is 1. The number of nitrogens with zero attached hydrogens (tertiary/aromatic N) is 1. The van der Waals surface area contributed by atoms with Gasteiger partial charge in [0.2, 0.25) is 0 Å². The van der Waals surface area contributed by atoms with Gasteiger partial charge in [0, 0.05) is 0 Å². The van der Waals surface area contributed by atoms with Crippen molar-refractivity contribution in [3.63, 3.8) is 0 Å². The van der Waals surface area contributed by atoms with Crippen molar-refractivity contribution in [2.24, 2.45) is 0 Å². The maximum absolute atomic E-state index is 8.83. The van der Waals surface area contributed by atoms with Crippen LogP contribution in [0.4, 0.5) is 0 Å². The molecule has 0 amide bonds. The van der Waals surface area contributed by atoms with Gasteiger partial charge in [-0.3, -0.25) is 0 Å². The molecule has 0 aliphatic heterocycles. The number of benzene rings is 1. The van der Waals surface area contributed by atoms with Crippen LogP contribution in [-0.2, 0) is 0 Å². The van der Waals surface area contributed by atoms with E-state index in [9.17, 15) is 0 Å². The summed E-state index contributed by atoms with van der Waals surface area (Å²) in [5, 5.41) is 9.67. The van der Waals surface area contributed by atoms with E-state index >= 15 is 0 Å². The summed E-state index contributed by atoms with van der Waals surface area (Å²) in [5.41, 5.74) is 0.457. The van der Waals surface area contributed by atoms with Gasteiger partial charge in [0.05, 0.1) is 27.8 Å². The van der Waals surface area contributed by atoms with Crippen LogP contribution in [0, 0.1) is 11.3 Å². The highest BCUT2D eigenvalue weighted by Crippen LogP contribution is 2.36. The number of ether oxygens (including phenoxy) is 1. The molecule has 1 aliphatic rings. The van der Waals surface area contributed by atoms with E-state index in [2.05, 4.69) is 0 Å². The Bertz CT molecular complexity index is 436. The largest absolute Gasteiger partial charge is 0.487 e. The summed E-state index contributed by atoms with van der Waals surface area (Å²) in [6.45, 7) is 0. The Morgan fingerprint density at radius 2 is 1.61 bits per heavy atom. The average Bonchev–Trinajstić information content (AvgIpc) is 2.62. The molecule has 0 spiro atoms. The van der Waals surface area contributed by atoms with E-state index in [4.69, 9.17) is 33.2 Å². The van der Waals surface area contributed by atoms with Crippen LogP contribution in [0.5, 0.6) is 5.75 Å². The van der Waals surface area contributed by atoms with Gasteiger partial charge in [0.15, 0.2) is 5.75 Å². The second-order valence-corrected chi connectivity index (χ2v) is 5.43. The molecule has 1 saturated carbocycles. The van der Waals surface area contributed by atoms with Crippen LogP contribution < -0.4 is 4.74 Å². The molecule has 1 aromatic carbocycles. The summed E-state index contributed by atoms with van der Waals surface area (Å²) in [7, 11) is 0. The van der Waals surface area contributed by atoms with E-state index in [1.807, 2.05) is 6.07 Å². The SMILES string of the molecule is N#Cc1cc(Cl)c(OC2CCCCCC2)c(Cl)c1. The maximum Gasteiger partial charge on any atom is 0.156 e. The quantitative estimate of drug-likeness (QED) is 0.718. The van der Waals surface area contributed by atoms with Gasteiger partial charge in [-0.1, -0.05) is 36.0 Å². The van der Waals surface area contributed by atoms with Crippen molar-refractivity contribution in [2.75, 3.05) is 0 Å². The topological polar surface area (TPSA) is 33.0 Å². The molecule has 2 rings (SSSR count). The van der Waals surface area contributed by atoms with Gasteiger partial charge in [-0.15, -0.1) is 0 Å². The predicted molar refractivity (Wildman–Crippen MR) is 73.3 cm³/mol. The Kier molecular flexibility index (Phi) is 4.74. The Labute approximate surface area is 117 Å². The molecule has 1 fully saturated rings. The Morgan fingerprint density at radius 3 is 2.11 bits per heavy atom. The van der Waals surface area contributed by atoms with Gasteiger partial charge in [-0.25, -0.2) is 0 Å². The van der Waals surface area contributed by atoms with Crippen molar-refractivity contribution in [1.82, 2.24) is 0 Å². The molecule has 0 unspecified atom stereocenters. The van der Waals surface area contributed by atoms with E-state index < -0.39 is 0 Å². The third kappa shape index (κ3) is 3.31. The Balaban J connectivity index is 2.15. The fraction of sp³-hybridized carbons (Fsp3) is 0.500. The summed E-state index contributed by atoms with van der Waals surface area (Å²) in [6.07, 6.45) is 7.21. The highest BCUT2D eigenvalue weighted by molar-refractivity contribution is 6.37. The van der Waals surface area contributed by atoms with E-state index in [1.54, 1.807) is 12.1 Å². The molecule has 0 radical (unpaired) electrons. The normalized spacial score (nSPS) is 16.9. The smallest absolute Gasteiger partial charge is 0.156 e. The van der Waals surface area contributed by atoms with Crippen LogP contribution in [-0.4, -0.2) is 6.10 Å². The molecule has 4 heteroatoms. The van der Waals surface area contributed by atoms with Gasteiger partial charge in [0.25, 0.3) is 0 Å². The number of rotatable bonds is 2. The first-order valence-corrected chi connectivity index (χ1v) is 7.02. The average molecular weight is 284 g/mol. The van der Waals surface area contributed by atoms with Gasteiger partial charge in [-0.2, -0.15) is 5.26 Å². The lowest BCUT2D eigenvalue weighted by Crippen LogP contribution is -2.15. The summed E-state index contributed by atoms with van der Waals surface area (Å²) in [4.78, 5) is 0. The van der Waals surface area contributed by atoms with E-state index in [0.717, 1.165) is 12.8 Å². The first-order valence-electron chi connectivity index (χ1n) is 6.26. The zero-order valence-electron chi connectivity index (χ0n) is 10.1. The minimum Gasteiger partial charge on any atom is -0.487 e. The summed E-state index contributed by atoms with van der Waals surface area (Å²) in [5.74, 6) is 0.518. The summed E-state index contributed by atoms with van der Waals surface area (Å²) in [6, 6.07) is 5.22. The molecule has 0 N–H and O–H groups in total. The monoisotopic (exact) mass is 283 g/mol. The third-order valence-electron chi connectivity index (χ3n) is 3.21. The van der Waals surface area contributed by atoms with Gasteiger partial charge in [-0.05, 0) is 37.8 Å². The van der Waals surface area contributed by atoms with Crippen molar-refractivity contribution in [3.05, 3.63) is 27.7 Å². The molecule has 2 nitrogen and oxygen atoms in total. The van der Waals surface area contributed by atoms with Crippen molar-refractivity contribution in [1.29, 1.82) is 5.26 Å². The fourth-order valence-electron chi connectivity index (χ4n) is 2.26. The minimum atomic E-state index is 0.190. The van der Waals surface area contributed by atoms with Crippen LogP contribution in [0.3, 0.4) is 0 Å². The van der Waals surface area contributed by atoms with Gasteiger partial charge < -0.3 is 4.74 Å². The van der Waals surface area contributed by atoms with Crippen LogP contribution in [0.2, 0.25) is 10.0 Å². The number of halogens is 2. The molecule has 96 valence electrons. The second-order valence-electron chi connectivity index (χ2n) is 4.61. The molecule has 0 atom stereocenters. The molecular weight excluding hydrogens is 269 g/mol. The van der Waals surface area contributed by atoms with Crippen LogP contribution in [0.25, 0.3) is 0 Å². The molecule has 0 heterocycles. The summed E-state index contributed by atoms with van der Waals surface area (Å²) < 4.78 is 5.92. The Hall–Kier alpha value is -0.910. The van der Waals surface area contributed by atoms with Crippen molar-refractivity contribution < 1.29 is 4.74 Å². The minimum absolute atomic E-state index is 0.190. The molecule has 18 heavy (non-hydrogen) atoms. The molecule has 0 aromatic heterocycles. The van der Waals surface area contributed by atoms with Crippen molar-refractivity contribution >= 4 is 23.2 Å².